The van der Waals surface area contributed by atoms with Crippen molar-refractivity contribution in [2.75, 3.05) is 31.5 Å². The highest BCUT2D eigenvalue weighted by Gasteiger charge is 2.35. The van der Waals surface area contributed by atoms with Gasteiger partial charge in [0.05, 0.1) is 23.9 Å². The van der Waals surface area contributed by atoms with Crippen LogP contribution in [0.3, 0.4) is 0 Å². The smallest absolute Gasteiger partial charge is 0.271 e. The highest BCUT2D eigenvalue weighted by Crippen LogP contribution is 2.36. The van der Waals surface area contributed by atoms with Crippen LogP contribution in [-0.2, 0) is 16.6 Å². The molecule has 0 spiro atoms. The van der Waals surface area contributed by atoms with Gasteiger partial charge >= 0.3 is 0 Å². The zero-order chi connectivity index (χ0) is 26.6. The Morgan fingerprint density at radius 2 is 1.92 bits per heavy atom. The maximum absolute atomic E-state index is 13.6. The normalized spacial score (nSPS) is 19.1. The Balaban J connectivity index is 1.70. The van der Waals surface area contributed by atoms with Crippen molar-refractivity contribution in [1.29, 1.82) is 0 Å². The number of nitrogens with one attached hydrogen (secondary N) is 1. The third kappa shape index (κ3) is 6.32. The predicted octanol–water partition coefficient (Wildman–Crippen LogP) is 3.90. The average molecular weight is 544 g/mol. The lowest BCUT2D eigenvalue weighted by atomic mass is 9.99. The van der Waals surface area contributed by atoms with Crippen molar-refractivity contribution in [2.24, 2.45) is 5.92 Å². The fourth-order valence-electron chi connectivity index (χ4n) is 4.42. The monoisotopic (exact) mass is 543 g/mol. The van der Waals surface area contributed by atoms with Crippen molar-refractivity contribution < 1.29 is 23.1 Å². The van der Waals surface area contributed by atoms with Crippen LogP contribution in [0.15, 0.2) is 70.3 Å². The zero-order valence-corrected chi connectivity index (χ0v) is 22.8. The van der Waals surface area contributed by atoms with E-state index in [1.54, 1.807) is 41.5 Å². The van der Waals surface area contributed by atoms with Crippen molar-refractivity contribution in [2.45, 2.75) is 36.7 Å². The lowest BCUT2D eigenvalue weighted by Crippen LogP contribution is -2.49. The summed E-state index contributed by atoms with van der Waals surface area (Å²) in [4.78, 5) is 17.4. The second kappa shape index (κ2) is 11.6. The van der Waals surface area contributed by atoms with Gasteiger partial charge in [-0.3, -0.25) is 14.4 Å². The van der Waals surface area contributed by atoms with Crippen molar-refractivity contribution in [3.63, 3.8) is 0 Å². The van der Waals surface area contributed by atoms with Gasteiger partial charge in [-0.2, -0.15) is 0 Å². The van der Waals surface area contributed by atoms with E-state index in [-0.39, 0.29) is 45.7 Å². The summed E-state index contributed by atoms with van der Waals surface area (Å²) in [6, 6.07) is 17.8. The molecule has 0 saturated heterocycles. The van der Waals surface area contributed by atoms with Gasteiger partial charge in [0.25, 0.3) is 15.9 Å². The van der Waals surface area contributed by atoms with Crippen molar-refractivity contribution >= 4 is 33.0 Å². The number of aliphatic hydroxyl groups excluding tert-OH is 1. The summed E-state index contributed by atoms with van der Waals surface area (Å²) in [6.45, 7) is 5.29. The molecule has 1 aliphatic heterocycles. The topological polar surface area (TPSA) is 99.2 Å². The minimum atomic E-state index is -3.86. The molecule has 0 saturated carbocycles. The number of hydrogen-bond donors (Lipinski definition) is 2. The van der Waals surface area contributed by atoms with Gasteiger partial charge in [-0.1, -0.05) is 49.4 Å². The number of likely N-dealkylation sites (N-methyl/N-ethyl adjacent to an activating group) is 1. The standard InChI is InChI=1S/C27H33N3O5S2/c1-19-15-30(20(2)18-31)27(32)22-11-7-12-23(28-37(33,34)25-13-8-14-36-25)26(22)35-24(19)17-29(3)16-21-9-5-4-6-10-21/h4-14,19-20,24,28,31H,15-18H2,1-3H3/t19-,20+,24-/m1/s1. The number of ether oxygens (including phenoxy) is 1. The van der Waals surface area contributed by atoms with E-state index < -0.39 is 16.1 Å². The van der Waals surface area contributed by atoms with Crippen molar-refractivity contribution in [3.8, 4) is 5.75 Å². The van der Waals surface area contributed by atoms with Crippen LogP contribution >= 0.6 is 11.3 Å². The van der Waals surface area contributed by atoms with E-state index >= 15 is 0 Å². The Kier molecular flexibility index (Phi) is 8.53. The van der Waals surface area contributed by atoms with Gasteiger partial charge in [0.15, 0.2) is 5.75 Å². The second-order valence-corrected chi connectivity index (χ2v) is 12.4. The van der Waals surface area contributed by atoms with Gasteiger partial charge in [0, 0.05) is 25.6 Å². The fraction of sp³-hybridized carbons (Fsp3) is 0.370. The molecule has 0 aliphatic carbocycles. The molecule has 2 heterocycles. The van der Waals surface area contributed by atoms with Crippen LogP contribution in [0.2, 0.25) is 0 Å². The number of sulfonamides is 1. The van der Waals surface area contributed by atoms with E-state index in [0.717, 1.165) is 11.3 Å². The summed E-state index contributed by atoms with van der Waals surface area (Å²) in [7, 11) is -1.85. The molecule has 37 heavy (non-hydrogen) atoms. The Bertz CT molecular complexity index is 1300. The molecular formula is C27H33N3O5S2. The summed E-state index contributed by atoms with van der Waals surface area (Å²) in [5.74, 6) is -0.199. The number of rotatable bonds is 9. The minimum absolute atomic E-state index is 0.0914. The highest BCUT2D eigenvalue weighted by molar-refractivity contribution is 7.94. The van der Waals surface area contributed by atoms with Gasteiger partial charge in [0.2, 0.25) is 0 Å². The third-order valence-electron chi connectivity index (χ3n) is 6.48. The summed E-state index contributed by atoms with van der Waals surface area (Å²) in [5.41, 5.74) is 1.63. The van der Waals surface area contributed by atoms with E-state index in [9.17, 15) is 18.3 Å². The quantitative estimate of drug-likeness (QED) is 0.425. The molecule has 198 valence electrons. The van der Waals surface area contributed by atoms with Crippen LogP contribution in [0, 0.1) is 5.92 Å². The first-order chi connectivity index (χ1) is 17.7. The first-order valence-corrected chi connectivity index (χ1v) is 14.6. The van der Waals surface area contributed by atoms with E-state index in [1.165, 1.54) is 11.6 Å². The average Bonchev–Trinajstić information content (AvgIpc) is 3.43. The van der Waals surface area contributed by atoms with Crippen LogP contribution in [0.5, 0.6) is 5.75 Å². The number of carbonyl (C=O) groups excluding carboxylic acids is 1. The third-order valence-corrected chi connectivity index (χ3v) is 9.25. The number of thiophene rings is 1. The molecule has 0 radical (unpaired) electrons. The number of carbonyl (C=O) groups is 1. The number of amides is 1. The Labute approximate surface area is 222 Å². The number of aliphatic hydroxyl groups is 1. The molecule has 0 fully saturated rings. The predicted molar refractivity (Wildman–Crippen MR) is 146 cm³/mol. The molecule has 3 aromatic rings. The second-order valence-electron chi connectivity index (χ2n) is 9.52. The molecule has 0 unspecified atom stereocenters. The maximum atomic E-state index is 13.6. The van der Waals surface area contributed by atoms with Gasteiger partial charge in [-0.25, -0.2) is 8.42 Å². The van der Waals surface area contributed by atoms with E-state index in [2.05, 4.69) is 21.8 Å². The van der Waals surface area contributed by atoms with Crippen molar-refractivity contribution in [1.82, 2.24) is 9.80 Å². The maximum Gasteiger partial charge on any atom is 0.271 e. The van der Waals surface area contributed by atoms with Crippen molar-refractivity contribution in [3.05, 3.63) is 77.2 Å². The summed E-state index contributed by atoms with van der Waals surface area (Å²) >= 11 is 1.11. The van der Waals surface area contributed by atoms with E-state index in [0.29, 0.717) is 19.6 Å². The largest absolute Gasteiger partial charge is 0.486 e. The molecule has 1 amide bonds. The molecule has 8 nitrogen and oxygen atoms in total. The number of para-hydroxylation sites is 1. The molecule has 10 heteroatoms. The molecule has 2 aromatic carbocycles. The Hall–Kier alpha value is -2.92. The first-order valence-electron chi connectivity index (χ1n) is 12.2. The highest BCUT2D eigenvalue weighted by atomic mass is 32.2. The van der Waals surface area contributed by atoms with Gasteiger partial charge in [-0.15, -0.1) is 11.3 Å². The number of anilines is 1. The Morgan fingerprint density at radius 3 is 2.59 bits per heavy atom. The summed E-state index contributed by atoms with van der Waals surface area (Å²) < 4.78 is 35.4. The van der Waals surface area contributed by atoms with Crippen LogP contribution < -0.4 is 9.46 Å². The lowest BCUT2D eigenvalue weighted by molar-refractivity contribution is 0.0344. The van der Waals surface area contributed by atoms with Crippen LogP contribution in [0.4, 0.5) is 5.69 Å². The van der Waals surface area contributed by atoms with Gasteiger partial charge < -0.3 is 14.7 Å². The van der Waals surface area contributed by atoms with Crippen LogP contribution in [-0.4, -0.2) is 68.1 Å². The van der Waals surface area contributed by atoms with Crippen LogP contribution in [0.25, 0.3) is 0 Å². The fourth-order valence-corrected chi connectivity index (χ4v) is 6.48. The number of fused-ring (bicyclic) bond motifs is 1. The van der Waals surface area contributed by atoms with Gasteiger partial charge in [0.1, 0.15) is 10.3 Å². The molecule has 1 aromatic heterocycles. The zero-order valence-electron chi connectivity index (χ0n) is 21.2. The molecule has 2 N–H and O–H groups in total. The SMILES string of the molecule is C[C@@H]1CN([C@@H](C)CO)C(=O)c2cccc(NS(=O)(=O)c3cccs3)c2O[C@@H]1CN(C)Cc1ccccc1. The number of nitrogens with zero attached hydrogens (tertiary/aromatic N) is 2. The lowest BCUT2D eigenvalue weighted by Gasteiger charge is -2.38. The summed E-state index contributed by atoms with van der Waals surface area (Å²) in [5, 5.41) is 11.6. The molecule has 0 bridgehead atoms. The van der Waals surface area contributed by atoms with Gasteiger partial charge in [-0.05, 0) is 43.1 Å². The molecule has 4 rings (SSSR count). The number of benzene rings is 2. The molecule has 1 aliphatic rings. The molecule has 3 atom stereocenters. The van der Waals surface area contributed by atoms with E-state index in [4.69, 9.17) is 4.74 Å². The van der Waals surface area contributed by atoms with E-state index in [1.807, 2.05) is 32.2 Å². The summed E-state index contributed by atoms with van der Waals surface area (Å²) in [6.07, 6.45) is -0.346. The van der Waals surface area contributed by atoms with Crippen LogP contribution in [0.1, 0.15) is 29.8 Å². The first kappa shape index (κ1) is 27.1. The minimum Gasteiger partial charge on any atom is -0.486 e. The number of hydrogen-bond acceptors (Lipinski definition) is 7. The Morgan fingerprint density at radius 1 is 1.16 bits per heavy atom. The molecular weight excluding hydrogens is 510 g/mol.